The largest absolute Gasteiger partial charge is 0.496 e. The number of amides is 1. The number of aromatic carboxylic acids is 1. The van der Waals surface area contributed by atoms with Gasteiger partial charge in [-0.2, -0.15) is 0 Å². The molecule has 1 aliphatic heterocycles. The van der Waals surface area contributed by atoms with Crippen molar-refractivity contribution in [1.82, 2.24) is 19.8 Å². The van der Waals surface area contributed by atoms with Gasteiger partial charge in [-0.3, -0.25) is 9.69 Å². The Balaban J connectivity index is 1.43. The van der Waals surface area contributed by atoms with E-state index >= 15 is 0 Å². The minimum Gasteiger partial charge on any atom is -0.496 e. The van der Waals surface area contributed by atoms with Gasteiger partial charge in [0.25, 0.3) is 0 Å². The van der Waals surface area contributed by atoms with Crippen LogP contribution in [0.5, 0.6) is 5.75 Å². The molecule has 0 radical (unpaired) electrons. The molecule has 1 fully saturated rings. The van der Waals surface area contributed by atoms with Crippen molar-refractivity contribution < 1.29 is 24.5 Å². The van der Waals surface area contributed by atoms with Crippen LogP contribution < -0.4 is 4.74 Å². The molecule has 0 spiro atoms. The fraction of sp³-hybridized carbons (Fsp3) is 0.250. The third kappa shape index (κ3) is 5.04. The smallest absolute Gasteiger partial charge is 0.335 e. The Hall–Kier alpha value is -4.21. The van der Waals surface area contributed by atoms with Gasteiger partial charge in [-0.1, -0.05) is 18.2 Å². The van der Waals surface area contributed by atoms with Crippen LogP contribution in [-0.2, 0) is 11.3 Å². The number of nitrogens with one attached hydrogen (secondary N) is 1. The molecule has 3 N–H and O–H groups in total. The van der Waals surface area contributed by atoms with Crippen LogP contribution in [0.15, 0.2) is 60.8 Å². The number of aromatic nitrogens is 2. The van der Waals surface area contributed by atoms with Crippen molar-refractivity contribution in [2.75, 3.05) is 39.9 Å². The molecule has 0 atom stereocenters. The van der Waals surface area contributed by atoms with Crippen LogP contribution in [0.1, 0.15) is 15.9 Å². The lowest BCUT2D eigenvalue weighted by Crippen LogP contribution is -2.49. The summed E-state index contributed by atoms with van der Waals surface area (Å²) in [5.41, 5.74) is 5.73. The summed E-state index contributed by atoms with van der Waals surface area (Å²) in [7, 11) is 1.65. The molecular formula is C28H28N4O5. The number of ether oxygens (including phenoxy) is 1. The second-order valence-electron chi connectivity index (χ2n) is 9.04. The predicted molar refractivity (Wildman–Crippen MR) is 139 cm³/mol. The molecule has 0 unspecified atom stereocenters. The monoisotopic (exact) mass is 500 g/mol. The number of piperazine rings is 1. The van der Waals surface area contributed by atoms with Gasteiger partial charge in [0.05, 0.1) is 18.4 Å². The third-order valence-corrected chi connectivity index (χ3v) is 6.80. The highest BCUT2D eigenvalue weighted by Gasteiger charge is 2.21. The molecule has 0 bridgehead atoms. The molecule has 9 nitrogen and oxygen atoms in total. The molecule has 0 aliphatic carbocycles. The number of benzene rings is 2. The molecule has 1 amide bonds. The summed E-state index contributed by atoms with van der Waals surface area (Å²) < 4.78 is 5.67. The molecule has 190 valence electrons. The first-order valence-electron chi connectivity index (χ1n) is 12.1. The van der Waals surface area contributed by atoms with Crippen LogP contribution in [0, 0.1) is 0 Å². The van der Waals surface area contributed by atoms with E-state index in [4.69, 9.17) is 9.84 Å². The molecule has 1 aliphatic rings. The first-order chi connectivity index (χ1) is 18.0. The zero-order valence-electron chi connectivity index (χ0n) is 20.5. The summed E-state index contributed by atoms with van der Waals surface area (Å²) in [6.07, 6.45) is 1.73. The fourth-order valence-electron chi connectivity index (χ4n) is 4.79. The van der Waals surface area contributed by atoms with Gasteiger partial charge >= 0.3 is 5.97 Å². The number of aromatic amines is 1. The van der Waals surface area contributed by atoms with Crippen molar-refractivity contribution in [3.63, 3.8) is 0 Å². The summed E-state index contributed by atoms with van der Waals surface area (Å²) in [6, 6.07) is 16.9. The van der Waals surface area contributed by atoms with Crippen LogP contribution in [0.2, 0.25) is 0 Å². The summed E-state index contributed by atoms with van der Waals surface area (Å²) in [5, 5.41) is 19.2. The van der Waals surface area contributed by atoms with E-state index < -0.39 is 12.6 Å². The maximum absolute atomic E-state index is 11.7. The first kappa shape index (κ1) is 24.5. The van der Waals surface area contributed by atoms with E-state index in [2.05, 4.69) is 20.9 Å². The van der Waals surface area contributed by atoms with Crippen LogP contribution >= 0.6 is 0 Å². The summed E-state index contributed by atoms with van der Waals surface area (Å²) in [4.78, 5) is 34.9. The topological polar surface area (TPSA) is 119 Å². The maximum Gasteiger partial charge on any atom is 0.335 e. The number of H-pyrrole nitrogens is 1. The SMILES string of the molecule is COc1ccc(CN2CCN(C(=O)CO)CC2)cc1-c1cc2c(-c3ccc(C(=O)O)cc3)ccnc2[nH]1. The van der Waals surface area contributed by atoms with Crippen LogP contribution in [0.4, 0.5) is 0 Å². The number of aliphatic hydroxyl groups is 1. The highest BCUT2D eigenvalue weighted by Crippen LogP contribution is 2.36. The number of methoxy groups -OCH3 is 1. The van der Waals surface area contributed by atoms with Gasteiger partial charge in [0, 0.05) is 49.9 Å². The summed E-state index contributed by atoms with van der Waals surface area (Å²) in [5.74, 6) is -0.445. The normalized spacial score (nSPS) is 14.2. The van der Waals surface area contributed by atoms with E-state index in [1.807, 2.05) is 24.3 Å². The Morgan fingerprint density at radius 3 is 2.43 bits per heavy atom. The van der Waals surface area contributed by atoms with Crippen molar-refractivity contribution in [3.05, 3.63) is 71.9 Å². The fourth-order valence-corrected chi connectivity index (χ4v) is 4.79. The first-order valence-corrected chi connectivity index (χ1v) is 12.1. The predicted octanol–water partition coefficient (Wildman–Crippen LogP) is 3.24. The molecule has 1 saturated heterocycles. The maximum atomic E-state index is 11.7. The minimum atomic E-state index is -0.956. The number of carbonyl (C=O) groups excluding carboxylic acids is 1. The molecule has 3 heterocycles. The highest BCUT2D eigenvalue weighted by molar-refractivity contribution is 5.97. The lowest BCUT2D eigenvalue weighted by molar-refractivity contribution is -0.136. The molecule has 5 rings (SSSR count). The molecule has 2 aromatic heterocycles. The van der Waals surface area contributed by atoms with E-state index in [0.717, 1.165) is 64.4 Å². The average Bonchev–Trinajstić information content (AvgIpc) is 3.37. The number of rotatable bonds is 7. The van der Waals surface area contributed by atoms with Gasteiger partial charge in [0.1, 0.15) is 18.0 Å². The molecule has 9 heteroatoms. The summed E-state index contributed by atoms with van der Waals surface area (Å²) >= 11 is 0. The number of carboxylic acid groups (broad SMARTS) is 1. The molecule has 4 aromatic rings. The quantitative estimate of drug-likeness (QED) is 0.356. The van der Waals surface area contributed by atoms with E-state index in [1.165, 1.54) is 0 Å². The second kappa shape index (κ2) is 10.4. The Morgan fingerprint density at radius 2 is 1.76 bits per heavy atom. The number of aliphatic hydroxyl groups excluding tert-OH is 1. The Kier molecular flexibility index (Phi) is 6.89. The standard InChI is InChI=1S/C28H28N4O5/c1-37-25-7-2-18(16-31-10-12-32(13-11-31)26(34)17-33)14-23(25)24-15-22-21(8-9-29-27(22)30-24)19-3-5-20(6-4-19)28(35)36/h2-9,14-15,33H,10-13,16-17H2,1H3,(H,29,30)(H,35,36). The number of hydrogen-bond acceptors (Lipinski definition) is 6. The van der Waals surface area contributed by atoms with Crippen molar-refractivity contribution in [2.45, 2.75) is 6.54 Å². The van der Waals surface area contributed by atoms with Crippen molar-refractivity contribution in [2.24, 2.45) is 0 Å². The lowest BCUT2D eigenvalue weighted by atomic mass is 10.0. The Labute approximate surface area is 213 Å². The zero-order chi connectivity index (χ0) is 25.9. The van der Waals surface area contributed by atoms with Gasteiger partial charge in [-0.15, -0.1) is 0 Å². The van der Waals surface area contributed by atoms with E-state index in [-0.39, 0.29) is 11.5 Å². The van der Waals surface area contributed by atoms with Crippen molar-refractivity contribution in [1.29, 1.82) is 0 Å². The van der Waals surface area contributed by atoms with Gasteiger partial charge in [-0.05, 0) is 53.1 Å². The minimum absolute atomic E-state index is 0.226. The van der Waals surface area contributed by atoms with Gasteiger partial charge in [0.15, 0.2) is 0 Å². The van der Waals surface area contributed by atoms with Crippen LogP contribution in [0.25, 0.3) is 33.4 Å². The van der Waals surface area contributed by atoms with E-state index in [0.29, 0.717) is 13.1 Å². The Bertz CT molecular complexity index is 1440. The number of hydrogen-bond donors (Lipinski definition) is 3. The van der Waals surface area contributed by atoms with E-state index in [1.54, 1.807) is 42.5 Å². The molecule has 37 heavy (non-hydrogen) atoms. The van der Waals surface area contributed by atoms with Crippen LogP contribution in [0.3, 0.4) is 0 Å². The number of nitrogens with zero attached hydrogens (tertiary/aromatic N) is 3. The Morgan fingerprint density at radius 1 is 1.00 bits per heavy atom. The lowest BCUT2D eigenvalue weighted by Gasteiger charge is -2.34. The van der Waals surface area contributed by atoms with Crippen molar-refractivity contribution in [3.8, 4) is 28.1 Å². The highest BCUT2D eigenvalue weighted by atomic mass is 16.5. The van der Waals surface area contributed by atoms with Gasteiger partial charge < -0.3 is 24.8 Å². The number of carboxylic acids is 1. The number of pyridine rings is 1. The van der Waals surface area contributed by atoms with Gasteiger partial charge in [-0.25, -0.2) is 9.78 Å². The number of fused-ring (bicyclic) bond motifs is 1. The van der Waals surface area contributed by atoms with E-state index in [9.17, 15) is 14.7 Å². The zero-order valence-corrected chi connectivity index (χ0v) is 20.5. The molecular weight excluding hydrogens is 472 g/mol. The average molecular weight is 501 g/mol. The molecule has 0 saturated carbocycles. The molecule has 2 aromatic carbocycles. The number of carbonyl (C=O) groups is 2. The second-order valence-corrected chi connectivity index (χ2v) is 9.04. The third-order valence-electron chi connectivity index (χ3n) is 6.80. The summed E-state index contributed by atoms with van der Waals surface area (Å²) in [6.45, 7) is 2.98. The van der Waals surface area contributed by atoms with Gasteiger partial charge in [0.2, 0.25) is 5.91 Å². The van der Waals surface area contributed by atoms with Crippen LogP contribution in [-0.4, -0.2) is 81.8 Å². The van der Waals surface area contributed by atoms with Crippen molar-refractivity contribution >= 4 is 22.9 Å².